The van der Waals surface area contributed by atoms with Crippen molar-refractivity contribution in [3.8, 4) is 0 Å². The Labute approximate surface area is 109 Å². The second-order valence-corrected chi connectivity index (χ2v) is 5.31. The fourth-order valence-corrected chi connectivity index (χ4v) is 2.59. The highest BCUT2D eigenvalue weighted by Crippen LogP contribution is 2.25. The highest BCUT2D eigenvalue weighted by Gasteiger charge is 2.05. The number of anilines is 1. The lowest BCUT2D eigenvalue weighted by molar-refractivity contribution is 0.112. The summed E-state index contributed by atoms with van der Waals surface area (Å²) >= 11 is 7.43. The SMILES string of the molecule is CN(Cc1cccc(Cl)c1)c1ccc(C=O)s1. The van der Waals surface area contributed by atoms with Crippen LogP contribution in [0, 0.1) is 0 Å². The van der Waals surface area contributed by atoms with Crippen LogP contribution in [-0.2, 0) is 6.54 Å². The Bertz CT molecular complexity index is 524. The third-order valence-corrected chi connectivity index (χ3v) is 3.77. The van der Waals surface area contributed by atoms with Crippen molar-refractivity contribution in [1.29, 1.82) is 0 Å². The molecule has 2 nitrogen and oxygen atoms in total. The molecule has 0 atom stereocenters. The molecular formula is C13H12ClNOS. The van der Waals surface area contributed by atoms with Crippen LogP contribution in [0.15, 0.2) is 36.4 Å². The minimum Gasteiger partial charge on any atom is -0.362 e. The molecule has 0 unspecified atom stereocenters. The molecule has 2 rings (SSSR count). The lowest BCUT2D eigenvalue weighted by Crippen LogP contribution is -2.14. The zero-order valence-electron chi connectivity index (χ0n) is 9.39. The molecule has 88 valence electrons. The van der Waals surface area contributed by atoms with E-state index in [-0.39, 0.29) is 0 Å². The van der Waals surface area contributed by atoms with Gasteiger partial charge in [0.15, 0.2) is 6.29 Å². The summed E-state index contributed by atoms with van der Waals surface area (Å²) in [4.78, 5) is 13.5. The number of rotatable bonds is 4. The first-order valence-corrected chi connectivity index (χ1v) is 6.39. The molecule has 0 aliphatic rings. The normalized spacial score (nSPS) is 10.2. The summed E-state index contributed by atoms with van der Waals surface area (Å²) in [6.45, 7) is 0.777. The minimum absolute atomic E-state index is 0.746. The van der Waals surface area contributed by atoms with Crippen LogP contribution in [0.2, 0.25) is 5.02 Å². The van der Waals surface area contributed by atoms with Crippen molar-refractivity contribution in [2.24, 2.45) is 0 Å². The van der Waals surface area contributed by atoms with Gasteiger partial charge in [0.25, 0.3) is 0 Å². The number of nitrogens with zero attached hydrogens (tertiary/aromatic N) is 1. The lowest BCUT2D eigenvalue weighted by Gasteiger charge is -2.17. The van der Waals surface area contributed by atoms with E-state index in [0.717, 1.165) is 33.3 Å². The van der Waals surface area contributed by atoms with Crippen LogP contribution in [0.1, 0.15) is 15.2 Å². The molecule has 4 heteroatoms. The standard InChI is InChI=1S/C13H12ClNOS/c1-15(13-6-5-12(9-16)17-13)8-10-3-2-4-11(14)7-10/h2-7,9H,8H2,1H3. The van der Waals surface area contributed by atoms with Crippen LogP contribution in [0.25, 0.3) is 0 Å². The Morgan fingerprint density at radius 2 is 2.18 bits per heavy atom. The molecule has 0 aliphatic carbocycles. The molecule has 1 heterocycles. The first-order chi connectivity index (χ1) is 8.19. The summed E-state index contributed by atoms with van der Waals surface area (Å²) in [6, 6.07) is 11.6. The predicted octanol–water partition coefficient (Wildman–Crippen LogP) is 3.85. The number of thiophene rings is 1. The molecular weight excluding hydrogens is 254 g/mol. The van der Waals surface area contributed by atoms with Crippen molar-refractivity contribution in [3.05, 3.63) is 51.9 Å². The molecule has 0 bridgehead atoms. The van der Waals surface area contributed by atoms with Crippen LogP contribution in [0.4, 0.5) is 5.00 Å². The van der Waals surface area contributed by atoms with Gasteiger partial charge < -0.3 is 4.90 Å². The molecule has 2 aromatic rings. The Hall–Kier alpha value is -1.32. The Balaban J connectivity index is 2.10. The second-order valence-electron chi connectivity index (χ2n) is 3.78. The van der Waals surface area contributed by atoms with E-state index in [4.69, 9.17) is 11.6 Å². The molecule has 0 saturated carbocycles. The average molecular weight is 266 g/mol. The predicted molar refractivity (Wildman–Crippen MR) is 73.3 cm³/mol. The van der Waals surface area contributed by atoms with Crippen molar-refractivity contribution < 1.29 is 4.79 Å². The number of hydrogen-bond donors (Lipinski definition) is 0. The first kappa shape index (κ1) is 12.1. The maximum absolute atomic E-state index is 10.6. The van der Waals surface area contributed by atoms with Crippen molar-refractivity contribution in [2.45, 2.75) is 6.54 Å². The Morgan fingerprint density at radius 1 is 1.35 bits per heavy atom. The van der Waals surface area contributed by atoms with Gasteiger partial charge in [-0.25, -0.2) is 0 Å². The molecule has 0 radical (unpaired) electrons. The van der Waals surface area contributed by atoms with E-state index in [1.165, 1.54) is 11.3 Å². The topological polar surface area (TPSA) is 20.3 Å². The van der Waals surface area contributed by atoms with Crippen LogP contribution >= 0.6 is 22.9 Å². The monoisotopic (exact) mass is 265 g/mol. The highest BCUT2D eigenvalue weighted by atomic mass is 35.5. The number of carbonyl (C=O) groups excluding carboxylic acids is 1. The molecule has 17 heavy (non-hydrogen) atoms. The molecule has 1 aromatic carbocycles. The van der Waals surface area contributed by atoms with Gasteiger partial charge in [-0.05, 0) is 29.8 Å². The highest BCUT2D eigenvalue weighted by molar-refractivity contribution is 7.17. The van der Waals surface area contributed by atoms with Gasteiger partial charge in [-0.2, -0.15) is 0 Å². The van der Waals surface area contributed by atoms with Gasteiger partial charge in [-0.3, -0.25) is 4.79 Å². The fourth-order valence-electron chi connectivity index (χ4n) is 1.60. The van der Waals surface area contributed by atoms with Gasteiger partial charge >= 0.3 is 0 Å². The summed E-state index contributed by atoms with van der Waals surface area (Å²) in [7, 11) is 2.00. The third-order valence-electron chi connectivity index (χ3n) is 2.41. The number of hydrogen-bond acceptors (Lipinski definition) is 3. The maximum Gasteiger partial charge on any atom is 0.160 e. The zero-order valence-corrected chi connectivity index (χ0v) is 11.0. The van der Waals surface area contributed by atoms with Crippen molar-refractivity contribution in [3.63, 3.8) is 0 Å². The van der Waals surface area contributed by atoms with Crippen molar-refractivity contribution in [2.75, 3.05) is 11.9 Å². The summed E-state index contributed by atoms with van der Waals surface area (Å²) in [5.74, 6) is 0. The van der Waals surface area contributed by atoms with Crippen LogP contribution < -0.4 is 4.90 Å². The van der Waals surface area contributed by atoms with Crippen LogP contribution in [0.5, 0.6) is 0 Å². The second kappa shape index (κ2) is 5.34. The summed E-state index contributed by atoms with van der Waals surface area (Å²) < 4.78 is 0. The van der Waals surface area contributed by atoms with E-state index >= 15 is 0 Å². The van der Waals surface area contributed by atoms with Gasteiger partial charge in [0.1, 0.15) is 0 Å². The molecule has 1 aromatic heterocycles. The maximum atomic E-state index is 10.6. The van der Waals surface area contributed by atoms with Crippen molar-refractivity contribution in [1.82, 2.24) is 0 Å². The van der Waals surface area contributed by atoms with E-state index in [9.17, 15) is 4.79 Å². The summed E-state index contributed by atoms with van der Waals surface area (Å²) in [6.07, 6.45) is 0.876. The van der Waals surface area contributed by atoms with E-state index in [2.05, 4.69) is 4.90 Å². The molecule has 0 saturated heterocycles. The van der Waals surface area contributed by atoms with Gasteiger partial charge in [-0.15, -0.1) is 11.3 Å². The van der Waals surface area contributed by atoms with E-state index in [1.807, 2.05) is 43.4 Å². The minimum atomic E-state index is 0.746. The lowest BCUT2D eigenvalue weighted by atomic mass is 10.2. The zero-order chi connectivity index (χ0) is 12.3. The van der Waals surface area contributed by atoms with E-state index in [1.54, 1.807) is 0 Å². The van der Waals surface area contributed by atoms with Gasteiger partial charge in [0, 0.05) is 18.6 Å². The largest absolute Gasteiger partial charge is 0.362 e. The smallest absolute Gasteiger partial charge is 0.160 e. The molecule has 0 amide bonds. The number of benzene rings is 1. The Kier molecular flexibility index (Phi) is 3.82. The van der Waals surface area contributed by atoms with E-state index < -0.39 is 0 Å². The van der Waals surface area contributed by atoms with Crippen LogP contribution in [0.3, 0.4) is 0 Å². The average Bonchev–Trinajstić information content (AvgIpc) is 2.77. The first-order valence-electron chi connectivity index (χ1n) is 5.19. The van der Waals surface area contributed by atoms with Crippen molar-refractivity contribution >= 4 is 34.2 Å². The quantitative estimate of drug-likeness (QED) is 0.783. The summed E-state index contributed by atoms with van der Waals surface area (Å²) in [5.41, 5.74) is 1.15. The fraction of sp³-hybridized carbons (Fsp3) is 0.154. The van der Waals surface area contributed by atoms with Gasteiger partial charge in [0.05, 0.1) is 9.88 Å². The van der Waals surface area contributed by atoms with Gasteiger partial charge in [0.2, 0.25) is 0 Å². The van der Waals surface area contributed by atoms with Gasteiger partial charge in [-0.1, -0.05) is 23.7 Å². The van der Waals surface area contributed by atoms with Crippen LogP contribution in [-0.4, -0.2) is 13.3 Å². The number of carbonyl (C=O) groups is 1. The number of aldehydes is 1. The third kappa shape index (κ3) is 3.08. The number of halogens is 1. The molecule has 0 aliphatic heterocycles. The molecule has 0 N–H and O–H groups in total. The Morgan fingerprint density at radius 3 is 2.82 bits per heavy atom. The van der Waals surface area contributed by atoms with E-state index in [0.29, 0.717) is 0 Å². The molecule has 0 spiro atoms. The molecule has 0 fully saturated rings. The summed E-state index contributed by atoms with van der Waals surface area (Å²) in [5, 5.41) is 1.82.